The average Bonchev–Trinajstić information content (AvgIpc) is 2.94. The summed E-state index contributed by atoms with van der Waals surface area (Å²) in [5.74, 6) is 0.0439. The number of aliphatic hydroxyl groups excluding tert-OH is 1. The van der Waals surface area contributed by atoms with Crippen LogP contribution >= 0.6 is 0 Å². The average molecular weight is 322 g/mol. The van der Waals surface area contributed by atoms with E-state index in [0.717, 1.165) is 25.1 Å². The number of anilines is 1. The van der Waals surface area contributed by atoms with Gasteiger partial charge >= 0.3 is 0 Å². The van der Waals surface area contributed by atoms with E-state index < -0.39 is 10.0 Å². The summed E-state index contributed by atoms with van der Waals surface area (Å²) in [7, 11) is -1.55. The van der Waals surface area contributed by atoms with Crippen molar-refractivity contribution < 1.29 is 13.5 Å². The highest BCUT2D eigenvalue weighted by Crippen LogP contribution is 2.29. The van der Waals surface area contributed by atoms with Crippen LogP contribution in [-0.4, -0.2) is 39.8 Å². The van der Waals surface area contributed by atoms with E-state index in [0.29, 0.717) is 11.3 Å². The normalized spacial score (nSPS) is 24.5. The lowest BCUT2D eigenvalue weighted by atomic mass is 10.0. The number of rotatable bonds is 4. The van der Waals surface area contributed by atoms with E-state index in [4.69, 9.17) is 5.11 Å². The maximum atomic E-state index is 12.5. The van der Waals surface area contributed by atoms with Crippen molar-refractivity contribution in [3.8, 4) is 0 Å². The Hall–Kier alpha value is -1.37. The largest absolute Gasteiger partial charge is 0.396 e. The van der Waals surface area contributed by atoms with E-state index in [1.54, 1.807) is 12.1 Å². The minimum Gasteiger partial charge on any atom is -0.396 e. The summed E-state index contributed by atoms with van der Waals surface area (Å²) in [6.45, 7) is 1.01. The van der Waals surface area contributed by atoms with Crippen LogP contribution < -0.4 is 9.62 Å². The van der Waals surface area contributed by atoms with Crippen LogP contribution in [0.15, 0.2) is 35.2 Å². The van der Waals surface area contributed by atoms with Gasteiger partial charge in [-0.3, -0.25) is 0 Å². The Balaban J connectivity index is 1.81. The van der Waals surface area contributed by atoms with Gasteiger partial charge in [0.2, 0.25) is 10.0 Å². The molecule has 1 aliphatic carbocycles. The molecule has 0 saturated heterocycles. The molecule has 1 aromatic rings. The molecule has 0 fully saturated rings. The molecular weight excluding hydrogens is 300 g/mol. The number of hydrogen-bond acceptors (Lipinski definition) is 4. The lowest BCUT2D eigenvalue weighted by Crippen LogP contribution is -2.33. The number of nitrogens with zero attached hydrogens (tertiary/aromatic N) is 1. The third-order valence-electron chi connectivity index (χ3n) is 4.43. The van der Waals surface area contributed by atoms with Crippen molar-refractivity contribution in [2.45, 2.75) is 30.2 Å². The predicted molar refractivity (Wildman–Crippen MR) is 86.5 cm³/mol. The predicted octanol–water partition coefficient (Wildman–Crippen LogP) is 1.28. The molecule has 2 N–H and O–H groups in total. The lowest BCUT2D eigenvalue weighted by molar-refractivity contribution is 0.248. The first-order valence-electron chi connectivity index (χ1n) is 7.65. The van der Waals surface area contributed by atoms with Gasteiger partial charge in [0.05, 0.1) is 4.90 Å². The van der Waals surface area contributed by atoms with Gasteiger partial charge in [0.15, 0.2) is 0 Å². The van der Waals surface area contributed by atoms with E-state index in [-0.39, 0.29) is 18.6 Å². The summed E-state index contributed by atoms with van der Waals surface area (Å²) < 4.78 is 27.8. The van der Waals surface area contributed by atoms with Crippen molar-refractivity contribution in [2.75, 3.05) is 25.1 Å². The Bertz CT molecular complexity index is 685. The molecule has 0 aromatic heterocycles. The molecule has 1 heterocycles. The molecule has 22 heavy (non-hydrogen) atoms. The molecule has 5 nitrogen and oxygen atoms in total. The van der Waals surface area contributed by atoms with E-state index in [9.17, 15) is 8.42 Å². The zero-order chi connectivity index (χ0) is 15.7. The maximum absolute atomic E-state index is 12.5. The lowest BCUT2D eigenvalue weighted by Gasteiger charge is -2.28. The van der Waals surface area contributed by atoms with Gasteiger partial charge in [-0.2, -0.15) is 0 Å². The number of hydrogen-bond donors (Lipinski definition) is 2. The minimum atomic E-state index is -3.54. The first kappa shape index (κ1) is 15.5. The smallest absolute Gasteiger partial charge is 0.241 e. The highest BCUT2D eigenvalue weighted by atomic mass is 32.2. The number of sulfonamides is 1. The second-order valence-electron chi connectivity index (χ2n) is 6.11. The fraction of sp³-hybridized carbons (Fsp3) is 0.500. The van der Waals surface area contributed by atoms with Crippen LogP contribution in [0.25, 0.3) is 0 Å². The van der Waals surface area contributed by atoms with Crippen molar-refractivity contribution in [2.24, 2.45) is 5.92 Å². The summed E-state index contributed by atoms with van der Waals surface area (Å²) in [6.07, 6.45) is 6.40. The van der Waals surface area contributed by atoms with E-state index in [1.807, 2.05) is 25.3 Å². The van der Waals surface area contributed by atoms with Crippen LogP contribution in [0.1, 0.15) is 18.4 Å². The third kappa shape index (κ3) is 3.04. The zero-order valence-corrected chi connectivity index (χ0v) is 13.5. The number of nitrogens with one attached hydrogen (secondary N) is 1. The molecule has 1 aliphatic heterocycles. The molecule has 0 radical (unpaired) electrons. The summed E-state index contributed by atoms with van der Waals surface area (Å²) in [5.41, 5.74) is 2.21. The van der Waals surface area contributed by atoms with Gasteiger partial charge in [-0.05, 0) is 37.0 Å². The van der Waals surface area contributed by atoms with Crippen LogP contribution in [0.5, 0.6) is 0 Å². The quantitative estimate of drug-likeness (QED) is 0.820. The van der Waals surface area contributed by atoms with Gasteiger partial charge in [-0.1, -0.05) is 18.2 Å². The van der Waals surface area contributed by atoms with E-state index in [1.165, 1.54) is 5.56 Å². The molecule has 6 heteroatoms. The topological polar surface area (TPSA) is 69.6 Å². The first-order chi connectivity index (χ1) is 10.5. The van der Waals surface area contributed by atoms with Crippen LogP contribution in [0, 0.1) is 5.92 Å². The van der Waals surface area contributed by atoms with Crippen molar-refractivity contribution in [3.05, 3.63) is 35.9 Å². The SMILES string of the molecule is CN1CCCc2ccc(S(=O)(=O)N[C@@H]3C=C[C@H](CO)C3)cc21. The Morgan fingerprint density at radius 3 is 2.91 bits per heavy atom. The molecule has 0 saturated carbocycles. The van der Waals surface area contributed by atoms with E-state index in [2.05, 4.69) is 9.62 Å². The molecule has 2 aliphatic rings. The first-order valence-corrected chi connectivity index (χ1v) is 9.13. The van der Waals surface area contributed by atoms with Gasteiger partial charge in [0, 0.05) is 37.8 Å². The van der Waals surface area contributed by atoms with Gasteiger partial charge in [-0.15, -0.1) is 0 Å². The van der Waals surface area contributed by atoms with Gasteiger partial charge < -0.3 is 10.0 Å². The summed E-state index contributed by atoms with van der Waals surface area (Å²) >= 11 is 0. The van der Waals surface area contributed by atoms with Crippen molar-refractivity contribution in [1.82, 2.24) is 4.72 Å². The maximum Gasteiger partial charge on any atom is 0.241 e. The zero-order valence-electron chi connectivity index (χ0n) is 12.7. The Morgan fingerprint density at radius 1 is 1.36 bits per heavy atom. The van der Waals surface area contributed by atoms with Crippen LogP contribution in [0.3, 0.4) is 0 Å². The number of aryl methyl sites for hydroxylation is 1. The van der Waals surface area contributed by atoms with Crippen molar-refractivity contribution >= 4 is 15.7 Å². The Labute approximate surface area is 131 Å². The summed E-state index contributed by atoms with van der Waals surface area (Å²) in [6, 6.07) is 5.12. The molecule has 0 amide bonds. The van der Waals surface area contributed by atoms with Gasteiger partial charge in [-0.25, -0.2) is 13.1 Å². The van der Waals surface area contributed by atoms with E-state index >= 15 is 0 Å². The van der Waals surface area contributed by atoms with Crippen molar-refractivity contribution in [3.63, 3.8) is 0 Å². The third-order valence-corrected chi connectivity index (χ3v) is 5.92. The molecule has 120 valence electrons. The van der Waals surface area contributed by atoms with Gasteiger partial charge in [0.25, 0.3) is 0 Å². The second kappa shape index (κ2) is 6.02. The van der Waals surface area contributed by atoms with Crippen LogP contribution in [-0.2, 0) is 16.4 Å². The number of aliphatic hydroxyl groups is 1. The van der Waals surface area contributed by atoms with Crippen LogP contribution in [0.2, 0.25) is 0 Å². The Morgan fingerprint density at radius 2 is 2.18 bits per heavy atom. The summed E-state index contributed by atoms with van der Waals surface area (Å²) in [4.78, 5) is 2.41. The molecular formula is C16H22N2O3S. The summed E-state index contributed by atoms with van der Waals surface area (Å²) in [5, 5.41) is 9.13. The minimum absolute atomic E-state index is 0.0439. The van der Waals surface area contributed by atoms with Crippen molar-refractivity contribution in [1.29, 1.82) is 0 Å². The molecule has 2 atom stereocenters. The van der Waals surface area contributed by atoms with Gasteiger partial charge in [0.1, 0.15) is 0 Å². The monoisotopic (exact) mass is 322 g/mol. The molecule has 1 aromatic carbocycles. The second-order valence-corrected chi connectivity index (χ2v) is 7.82. The molecule has 0 spiro atoms. The highest BCUT2D eigenvalue weighted by Gasteiger charge is 2.25. The molecule has 0 unspecified atom stereocenters. The fourth-order valence-corrected chi connectivity index (χ4v) is 4.39. The number of benzene rings is 1. The Kier molecular flexibility index (Phi) is 4.25. The molecule has 0 bridgehead atoms. The highest BCUT2D eigenvalue weighted by molar-refractivity contribution is 7.89. The van der Waals surface area contributed by atoms with Crippen LogP contribution in [0.4, 0.5) is 5.69 Å². The molecule has 3 rings (SSSR count). The standard InChI is InChI=1S/C16H22N2O3S/c1-18-8-2-3-13-5-7-15(10-16(13)18)22(20,21)17-14-6-4-12(9-14)11-19/h4-7,10,12,14,17,19H,2-3,8-9,11H2,1H3/t12-,14+/m0/s1. The number of fused-ring (bicyclic) bond motifs is 1. The fourth-order valence-electron chi connectivity index (χ4n) is 3.17.